The first kappa shape index (κ1) is 16.1. The molecule has 2 atom stereocenters. The maximum absolute atomic E-state index is 11.1. The number of rotatable bonds is 9. The van der Waals surface area contributed by atoms with Crippen molar-refractivity contribution in [1.29, 1.82) is 0 Å². The van der Waals surface area contributed by atoms with Crippen LogP contribution in [0.25, 0.3) is 0 Å². The topological polar surface area (TPSA) is 115 Å². The molecule has 7 nitrogen and oxygen atoms in total. The van der Waals surface area contributed by atoms with E-state index in [-0.39, 0.29) is 19.4 Å². The molecule has 0 aliphatic heterocycles. The molecule has 0 saturated carbocycles. The van der Waals surface area contributed by atoms with E-state index in [1.165, 1.54) is 0 Å². The first-order valence-electron chi connectivity index (χ1n) is 5.34. The van der Waals surface area contributed by atoms with E-state index in [1.807, 2.05) is 6.92 Å². The molecule has 0 rings (SSSR count). The van der Waals surface area contributed by atoms with Crippen LogP contribution < -0.4 is 0 Å². The predicted molar refractivity (Wildman–Crippen MR) is 61.1 cm³/mol. The highest BCUT2D eigenvalue weighted by Gasteiger charge is 2.28. The molecular weight excluding hydrogens is 249 g/mol. The van der Waals surface area contributed by atoms with Crippen LogP contribution >= 0.6 is 8.18 Å². The van der Waals surface area contributed by atoms with Gasteiger partial charge >= 0.3 is 11.9 Å². The van der Waals surface area contributed by atoms with Gasteiger partial charge < -0.3 is 15.1 Å². The van der Waals surface area contributed by atoms with Crippen LogP contribution in [-0.2, 0) is 14.2 Å². The smallest absolute Gasteiger partial charge is 0.321 e. The van der Waals surface area contributed by atoms with Crippen molar-refractivity contribution < 1.29 is 29.3 Å². The van der Waals surface area contributed by atoms with Crippen molar-refractivity contribution in [3.63, 3.8) is 0 Å². The molecule has 0 heterocycles. The van der Waals surface area contributed by atoms with Crippen LogP contribution in [0.15, 0.2) is 0 Å². The number of carboxylic acids is 2. The summed E-state index contributed by atoms with van der Waals surface area (Å²) in [5.41, 5.74) is 0. The molecule has 0 aliphatic rings. The summed E-state index contributed by atoms with van der Waals surface area (Å²) in [5.74, 6) is -2.39. The second-order valence-corrected chi connectivity index (χ2v) is 4.76. The maximum Gasteiger partial charge on any atom is 0.321 e. The van der Waals surface area contributed by atoms with E-state index >= 15 is 0 Å². The lowest BCUT2D eigenvalue weighted by molar-refractivity contribution is -0.142. The minimum atomic E-state index is -3.13. The summed E-state index contributed by atoms with van der Waals surface area (Å²) in [6.07, 6.45) is 0.838. The Labute approximate surface area is 100.0 Å². The Bertz CT molecular complexity index is 295. The lowest BCUT2D eigenvalue weighted by Gasteiger charge is -2.25. The zero-order valence-electron chi connectivity index (χ0n) is 9.63. The molecule has 0 fully saturated rings. The molecular formula is C9H18NO6P. The van der Waals surface area contributed by atoms with Gasteiger partial charge in [0.05, 0.1) is 0 Å². The Balaban J connectivity index is 4.64. The van der Waals surface area contributed by atoms with E-state index in [2.05, 4.69) is 0 Å². The molecule has 0 amide bonds. The zero-order valence-corrected chi connectivity index (χ0v) is 10.6. The van der Waals surface area contributed by atoms with Crippen molar-refractivity contribution in [1.82, 2.24) is 4.67 Å². The van der Waals surface area contributed by atoms with Crippen LogP contribution in [-0.4, -0.2) is 44.3 Å². The van der Waals surface area contributed by atoms with Crippen molar-refractivity contribution in [3.8, 4) is 0 Å². The number of carboxylic acid groups (broad SMARTS) is 2. The highest BCUT2D eigenvalue weighted by atomic mass is 31.1. The molecule has 100 valence electrons. The molecule has 0 aliphatic carbocycles. The third-order valence-corrected chi connectivity index (χ3v) is 3.32. The fourth-order valence-electron chi connectivity index (χ4n) is 1.39. The number of unbranched alkanes of at least 4 members (excludes halogenated alkanes) is 1. The molecule has 0 saturated heterocycles. The number of carbonyl (C=O) groups is 2. The summed E-state index contributed by atoms with van der Waals surface area (Å²) in [7, 11) is -3.13. The average molecular weight is 267 g/mol. The van der Waals surface area contributed by atoms with Crippen LogP contribution in [0.3, 0.4) is 0 Å². The summed E-state index contributed by atoms with van der Waals surface area (Å²) >= 11 is 0. The number of aliphatic carboxylic acids is 2. The van der Waals surface area contributed by atoms with Gasteiger partial charge in [-0.15, -0.1) is 0 Å². The van der Waals surface area contributed by atoms with Gasteiger partial charge in [-0.3, -0.25) is 14.2 Å². The standard InChI is InChI=1S/C9H18NO6P/c1-2-3-6-10(17(15)16)7(9(13)14)4-5-8(11)12/h7,17H,2-6H2,1H3,(H,11,12)(H,13,14)(H,15,16)/t7-/m0/s1. The van der Waals surface area contributed by atoms with Crippen molar-refractivity contribution >= 4 is 20.1 Å². The number of hydrogen-bond donors (Lipinski definition) is 3. The van der Waals surface area contributed by atoms with Crippen LogP contribution in [0.4, 0.5) is 0 Å². The van der Waals surface area contributed by atoms with Gasteiger partial charge in [0.1, 0.15) is 6.04 Å². The highest BCUT2D eigenvalue weighted by molar-refractivity contribution is 7.35. The third-order valence-electron chi connectivity index (χ3n) is 2.29. The van der Waals surface area contributed by atoms with Gasteiger partial charge in [-0.2, -0.15) is 0 Å². The predicted octanol–water partition coefficient (Wildman–Crippen LogP) is 0.788. The van der Waals surface area contributed by atoms with E-state index in [4.69, 9.17) is 15.1 Å². The molecule has 8 heteroatoms. The first-order valence-corrected chi connectivity index (χ1v) is 6.64. The van der Waals surface area contributed by atoms with Crippen LogP contribution in [0, 0.1) is 0 Å². The van der Waals surface area contributed by atoms with E-state index in [9.17, 15) is 14.2 Å². The molecule has 0 bridgehead atoms. The van der Waals surface area contributed by atoms with Crippen molar-refractivity contribution in [3.05, 3.63) is 0 Å². The normalized spacial score (nSPS) is 14.5. The van der Waals surface area contributed by atoms with Gasteiger partial charge in [-0.05, 0) is 12.8 Å². The van der Waals surface area contributed by atoms with Crippen LogP contribution in [0.2, 0.25) is 0 Å². The van der Waals surface area contributed by atoms with E-state index in [0.29, 0.717) is 6.42 Å². The quantitative estimate of drug-likeness (QED) is 0.529. The van der Waals surface area contributed by atoms with Crippen LogP contribution in [0.5, 0.6) is 0 Å². The Morgan fingerprint density at radius 3 is 2.29 bits per heavy atom. The Morgan fingerprint density at radius 1 is 1.35 bits per heavy atom. The fourth-order valence-corrected chi connectivity index (χ4v) is 2.24. The molecule has 0 aromatic carbocycles. The van der Waals surface area contributed by atoms with Crippen LogP contribution in [0.1, 0.15) is 32.6 Å². The average Bonchev–Trinajstić information content (AvgIpc) is 2.21. The molecule has 17 heavy (non-hydrogen) atoms. The lowest BCUT2D eigenvalue weighted by atomic mass is 10.1. The fraction of sp³-hybridized carbons (Fsp3) is 0.778. The van der Waals surface area contributed by atoms with E-state index < -0.39 is 26.2 Å². The Kier molecular flexibility index (Phi) is 7.78. The van der Waals surface area contributed by atoms with Gasteiger partial charge in [-0.1, -0.05) is 13.3 Å². The molecule has 0 spiro atoms. The van der Waals surface area contributed by atoms with Gasteiger partial charge in [-0.25, -0.2) is 4.67 Å². The summed E-state index contributed by atoms with van der Waals surface area (Å²) in [6.45, 7) is 2.06. The van der Waals surface area contributed by atoms with Gasteiger partial charge in [0.2, 0.25) is 0 Å². The monoisotopic (exact) mass is 267 g/mol. The molecule has 0 aromatic heterocycles. The van der Waals surface area contributed by atoms with Crippen molar-refractivity contribution in [2.45, 2.75) is 38.6 Å². The SMILES string of the molecule is CCCCN([C@@H](CCC(=O)O)C(=O)O)[PH](=O)O. The first-order chi connectivity index (χ1) is 7.90. The Hall–Kier alpha value is -0.910. The minimum Gasteiger partial charge on any atom is -0.481 e. The van der Waals surface area contributed by atoms with E-state index in [1.54, 1.807) is 0 Å². The van der Waals surface area contributed by atoms with E-state index in [0.717, 1.165) is 11.1 Å². The number of nitrogens with zero attached hydrogens (tertiary/aromatic N) is 1. The second-order valence-electron chi connectivity index (χ2n) is 3.62. The van der Waals surface area contributed by atoms with Crippen molar-refractivity contribution in [2.24, 2.45) is 0 Å². The van der Waals surface area contributed by atoms with Crippen molar-refractivity contribution in [2.75, 3.05) is 6.54 Å². The molecule has 0 radical (unpaired) electrons. The lowest BCUT2D eigenvalue weighted by Crippen LogP contribution is -2.37. The Morgan fingerprint density at radius 2 is 1.94 bits per heavy atom. The third kappa shape index (κ3) is 6.41. The summed E-state index contributed by atoms with van der Waals surface area (Å²) in [6, 6.07) is -1.21. The molecule has 3 N–H and O–H groups in total. The van der Waals surface area contributed by atoms with Gasteiger partial charge in [0.15, 0.2) is 0 Å². The summed E-state index contributed by atoms with van der Waals surface area (Å²) < 4.78 is 12.1. The van der Waals surface area contributed by atoms with Gasteiger partial charge in [0.25, 0.3) is 8.18 Å². The summed E-state index contributed by atoms with van der Waals surface area (Å²) in [4.78, 5) is 30.4. The molecule has 0 aromatic rings. The second kappa shape index (κ2) is 8.22. The van der Waals surface area contributed by atoms with Gasteiger partial charge in [0, 0.05) is 13.0 Å². The number of hydrogen-bond acceptors (Lipinski definition) is 3. The zero-order chi connectivity index (χ0) is 13.4. The largest absolute Gasteiger partial charge is 0.481 e. The summed E-state index contributed by atoms with van der Waals surface area (Å²) in [5, 5.41) is 17.4. The maximum atomic E-state index is 11.1. The minimum absolute atomic E-state index is 0.175. The highest BCUT2D eigenvalue weighted by Crippen LogP contribution is 2.27. The molecule has 1 unspecified atom stereocenters.